The molecular formula is C28H30N2O3S3. The highest BCUT2D eigenvalue weighted by atomic mass is 32.2. The molecule has 2 aromatic heterocycles. The first-order valence-electron chi connectivity index (χ1n) is 12.1. The van der Waals surface area contributed by atoms with Crippen LogP contribution in [0.4, 0.5) is 4.79 Å². The first kappa shape index (κ1) is 25.1. The van der Waals surface area contributed by atoms with Gasteiger partial charge in [0, 0.05) is 45.3 Å². The van der Waals surface area contributed by atoms with Crippen molar-refractivity contribution in [2.24, 2.45) is 0 Å². The first-order chi connectivity index (χ1) is 17.3. The summed E-state index contributed by atoms with van der Waals surface area (Å²) in [5.41, 5.74) is -0.519. The number of benzene rings is 2. The number of hydrogen-bond donors (Lipinski definition) is 0. The zero-order valence-corrected chi connectivity index (χ0v) is 23.2. The maximum absolute atomic E-state index is 13.2. The number of carbonyl (C=O) groups is 2. The van der Waals surface area contributed by atoms with Crippen LogP contribution in [0.25, 0.3) is 20.2 Å². The van der Waals surface area contributed by atoms with Gasteiger partial charge in [-0.15, -0.1) is 34.4 Å². The number of rotatable bonds is 5. The lowest BCUT2D eigenvalue weighted by molar-refractivity contribution is -0.130. The number of amides is 2. The number of nitrogens with zero attached hydrogens (tertiary/aromatic N) is 2. The minimum atomic E-state index is -0.519. The Labute approximate surface area is 224 Å². The van der Waals surface area contributed by atoms with E-state index in [0.717, 1.165) is 0 Å². The molecule has 3 heterocycles. The fourth-order valence-corrected chi connectivity index (χ4v) is 8.14. The normalized spacial score (nSPS) is 14.7. The summed E-state index contributed by atoms with van der Waals surface area (Å²) in [6.45, 7) is 7.68. The second kappa shape index (κ2) is 10.4. The molecule has 2 amide bonds. The molecular weight excluding hydrogens is 509 g/mol. The zero-order chi connectivity index (χ0) is 25.3. The van der Waals surface area contributed by atoms with Crippen LogP contribution in [0.5, 0.6) is 0 Å². The molecule has 8 heteroatoms. The van der Waals surface area contributed by atoms with E-state index in [1.807, 2.05) is 48.3 Å². The van der Waals surface area contributed by atoms with Crippen molar-refractivity contribution in [1.29, 1.82) is 0 Å². The Balaban J connectivity index is 1.29. The number of carbonyl (C=O) groups excluding carboxylic acids is 2. The third-order valence-electron chi connectivity index (χ3n) is 6.06. The summed E-state index contributed by atoms with van der Waals surface area (Å²) in [6, 6.07) is 21.4. The molecule has 0 N–H and O–H groups in total. The number of ether oxygens (including phenoxy) is 1. The van der Waals surface area contributed by atoms with Crippen molar-refractivity contribution in [1.82, 2.24) is 9.80 Å². The van der Waals surface area contributed by atoms with E-state index < -0.39 is 5.60 Å². The van der Waals surface area contributed by atoms with Gasteiger partial charge in [0.1, 0.15) is 5.60 Å². The largest absolute Gasteiger partial charge is 0.444 e. The molecule has 0 atom stereocenters. The van der Waals surface area contributed by atoms with Crippen LogP contribution >= 0.6 is 34.4 Å². The van der Waals surface area contributed by atoms with Gasteiger partial charge in [0.05, 0.1) is 11.0 Å². The van der Waals surface area contributed by atoms with E-state index >= 15 is 0 Å². The van der Waals surface area contributed by atoms with Crippen LogP contribution in [0.15, 0.2) is 60.7 Å². The SMILES string of the molecule is CC(C)(C)OC(=O)N1CCN(C(=O)CSC(c2cc3ccccc3s2)c2cc3ccccc3s2)CC1. The number of fused-ring (bicyclic) bond motifs is 2. The van der Waals surface area contributed by atoms with Gasteiger partial charge < -0.3 is 14.5 Å². The van der Waals surface area contributed by atoms with E-state index in [4.69, 9.17) is 4.74 Å². The van der Waals surface area contributed by atoms with Crippen LogP contribution in [0.1, 0.15) is 35.8 Å². The highest BCUT2D eigenvalue weighted by Crippen LogP contribution is 2.45. The Morgan fingerprint density at radius 1 is 0.861 bits per heavy atom. The zero-order valence-electron chi connectivity index (χ0n) is 20.7. The summed E-state index contributed by atoms with van der Waals surface area (Å²) in [5, 5.41) is 2.59. The molecule has 36 heavy (non-hydrogen) atoms. The van der Waals surface area contributed by atoms with Gasteiger partial charge in [-0.1, -0.05) is 36.4 Å². The van der Waals surface area contributed by atoms with Crippen molar-refractivity contribution < 1.29 is 14.3 Å². The van der Waals surface area contributed by atoms with Crippen molar-refractivity contribution in [2.75, 3.05) is 31.9 Å². The number of hydrogen-bond acceptors (Lipinski definition) is 6. The Morgan fingerprint density at radius 3 is 1.86 bits per heavy atom. The van der Waals surface area contributed by atoms with Crippen molar-refractivity contribution in [3.8, 4) is 0 Å². The van der Waals surface area contributed by atoms with Crippen LogP contribution in [0.3, 0.4) is 0 Å². The van der Waals surface area contributed by atoms with Crippen molar-refractivity contribution >= 4 is 66.6 Å². The number of thiophene rings is 2. The maximum Gasteiger partial charge on any atom is 0.410 e. The summed E-state index contributed by atoms with van der Waals surface area (Å²) in [5.74, 6) is 0.524. The Bertz CT molecular complexity index is 1240. The van der Waals surface area contributed by atoms with Gasteiger partial charge in [-0.25, -0.2) is 4.79 Å². The average Bonchev–Trinajstić information content (AvgIpc) is 3.47. The number of thioether (sulfide) groups is 1. The van der Waals surface area contributed by atoms with Crippen LogP contribution in [-0.4, -0.2) is 59.3 Å². The monoisotopic (exact) mass is 538 g/mol. The van der Waals surface area contributed by atoms with E-state index in [2.05, 4.69) is 60.7 Å². The van der Waals surface area contributed by atoms with Crippen LogP contribution < -0.4 is 0 Å². The van der Waals surface area contributed by atoms with Gasteiger partial charge in [-0.2, -0.15) is 0 Å². The van der Waals surface area contributed by atoms with Crippen molar-refractivity contribution in [3.63, 3.8) is 0 Å². The van der Waals surface area contributed by atoms with Gasteiger partial charge in [0.2, 0.25) is 5.91 Å². The third kappa shape index (κ3) is 5.71. The van der Waals surface area contributed by atoms with Gasteiger partial charge in [0.25, 0.3) is 0 Å². The Morgan fingerprint density at radius 2 is 1.36 bits per heavy atom. The van der Waals surface area contributed by atoms with Crippen molar-refractivity contribution in [2.45, 2.75) is 31.6 Å². The third-order valence-corrected chi connectivity index (χ3v) is 9.98. The van der Waals surface area contributed by atoms with Crippen LogP contribution in [-0.2, 0) is 9.53 Å². The van der Waals surface area contributed by atoms with E-state index in [0.29, 0.717) is 31.9 Å². The van der Waals surface area contributed by atoms with E-state index in [-0.39, 0.29) is 17.3 Å². The lowest BCUT2D eigenvalue weighted by atomic mass is 10.2. The number of piperazine rings is 1. The van der Waals surface area contributed by atoms with Crippen LogP contribution in [0, 0.1) is 0 Å². The molecule has 0 spiro atoms. The summed E-state index contributed by atoms with van der Waals surface area (Å²) >= 11 is 5.32. The smallest absolute Gasteiger partial charge is 0.410 e. The summed E-state index contributed by atoms with van der Waals surface area (Å²) in [7, 11) is 0. The molecule has 0 saturated carbocycles. The second-order valence-electron chi connectivity index (χ2n) is 9.91. The molecule has 4 aromatic rings. The highest BCUT2D eigenvalue weighted by Gasteiger charge is 2.29. The summed E-state index contributed by atoms with van der Waals surface area (Å²) in [4.78, 5) is 31.7. The Kier molecular flexibility index (Phi) is 7.28. The quantitative estimate of drug-likeness (QED) is 0.274. The summed E-state index contributed by atoms with van der Waals surface area (Å²) in [6.07, 6.45) is -0.307. The van der Waals surface area contributed by atoms with E-state index in [1.165, 1.54) is 29.9 Å². The molecule has 1 fully saturated rings. The van der Waals surface area contributed by atoms with E-state index in [9.17, 15) is 9.59 Å². The van der Waals surface area contributed by atoms with Crippen LogP contribution in [0.2, 0.25) is 0 Å². The van der Waals surface area contributed by atoms with Gasteiger partial charge >= 0.3 is 6.09 Å². The molecule has 5 nitrogen and oxygen atoms in total. The minimum absolute atomic E-state index is 0.104. The average molecular weight is 539 g/mol. The predicted molar refractivity (Wildman–Crippen MR) is 152 cm³/mol. The molecule has 2 aromatic carbocycles. The molecule has 0 unspecified atom stereocenters. The lowest BCUT2D eigenvalue weighted by Gasteiger charge is -2.35. The molecule has 0 bridgehead atoms. The second-order valence-corrected chi connectivity index (χ2v) is 13.2. The molecule has 0 aliphatic carbocycles. The highest BCUT2D eigenvalue weighted by molar-refractivity contribution is 8.00. The molecule has 1 aliphatic heterocycles. The van der Waals surface area contributed by atoms with Gasteiger partial charge in [-0.05, 0) is 55.8 Å². The lowest BCUT2D eigenvalue weighted by Crippen LogP contribution is -2.52. The Hall–Kier alpha value is -2.55. The van der Waals surface area contributed by atoms with Crippen molar-refractivity contribution in [3.05, 3.63) is 70.4 Å². The maximum atomic E-state index is 13.2. The minimum Gasteiger partial charge on any atom is -0.444 e. The fourth-order valence-electron chi connectivity index (χ4n) is 4.28. The van der Waals surface area contributed by atoms with Gasteiger partial charge in [0.15, 0.2) is 0 Å². The van der Waals surface area contributed by atoms with Gasteiger partial charge in [-0.3, -0.25) is 4.79 Å². The molecule has 0 radical (unpaired) electrons. The fraction of sp³-hybridized carbons (Fsp3) is 0.357. The first-order valence-corrected chi connectivity index (χ1v) is 14.8. The topological polar surface area (TPSA) is 49.9 Å². The van der Waals surface area contributed by atoms with E-state index in [1.54, 1.807) is 16.7 Å². The summed E-state index contributed by atoms with van der Waals surface area (Å²) < 4.78 is 8.02. The predicted octanol–water partition coefficient (Wildman–Crippen LogP) is 7.02. The molecule has 1 aliphatic rings. The molecule has 1 saturated heterocycles. The molecule has 188 valence electrons. The standard InChI is InChI=1S/C28H30N2O3S3/c1-28(2,3)33-27(32)30-14-12-29(13-15-30)25(31)18-34-26(23-16-19-8-4-6-10-21(19)35-23)24-17-20-9-5-7-11-22(20)36-24/h4-11,16-17,26H,12-15,18H2,1-3H3. The molecule has 5 rings (SSSR count).